The second-order valence-electron chi connectivity index (χ2n) is 3.57. The number of hydrogen-bond acceptors (Lipinski definition) is 3. The van der Waals surface area contributed by atoms with Gasteiger partial charge in [-0.25, -0.2) is 0 Å². The molecular weight excluding hydrogens is 168 g/mol. The van der Waals surface area contributed by atoms with E-state index in [0.717, 1.165) is 12.5 Å². The van der Waals surface area contributed by atoms with E-state index in [1.807, 2.05) is 0 Å². The van der Waals surface area contributed by atoms with Gasteiger partial charge < -0.3 is 15.7 Å². The van der Waals surface area contributed by atoms with E-state index in [9.17, 15) is 0 Å². The van der Waals surface area contributed by atoms with Gasteiger partial charge in [0.05, 0.1) is 6.61 Å². The van der Waals surface area contributed by atoms with Crippen LogP contribution in [0.5, 0.6) is 0 Å². The second kappa shape index (κ2) is 5.80. The molecule has 1 rings (SSSR count). The molecule has 0 aromatic heterocycles. The van der Waals surface area contributed by atoms with Gasteiger partial charge in [-0.2, -0.15) is 0 Å². The monoisotopic (exact) mass is 186 g/mol. The third-order valence-corrected chi connectivity index (χ3v) is 2.46. The Kier molecular flexibility index (Phi) is 4.60. The molecule has 0 heterocycles. The summed E-state index contributed by atoms with van der Waals surface area (Å²) in [6.45, 7) is 1.39. The number of nitrogens with zero attached hydrogens (tertiary/aromatic N) is 1. The van der Waals surface area contributed by atoms with Crippen LogP contribution in [0.1, 0.15) is 32.1 Å². The largest absolute Gasteiger partial charge is 0.409 e. The van der Waals surface area contributed by atoms with Crippen LogP contribution in [0, 0.1) is 5.92 Å². The summed E-state index contributed by atoms with van der Waals surface area (Å²) in [6, 6.07) is 0. The molecule has 1 aliphatic carbocycles. The van der Waals surface area contributed by atoms with Gasteiger partial charge in [-0.15, -0.1) is 0 Å². The molecule has 0 spiro atoms. The Morgan fingerprint density at radius 1 is 1.46 bits per heavy atom. The summed E-state index contributed by atoms with van der Waals surface area (Å²) in [5.41, 5.74) is 5.29. The summed E-state index contributed by atoms with van der Waals surface area (Å²) in [7, 11) is 0. The molecule has 0 amide bonds. The first kappa shape index (κ1) is 10.3. The Balaban J connectivity index is 1.94. The Morgan fingerprint density at radius 3 is 2.77 bits per heavy atom. The van der Waals surface area contributed by atoms with Crippen LogP contribution in [0.2, 0.25) is 0 Å². The van der Waals surface area contributed by atoms with Gasteiger partial charge in [0.1, 0.15) is 5.84 Å². The normalized spacial score (nSPS) is 19.5. The molecule has 0 radical (unpaired) electrons. The number of nitrogens with two attached hydrogens (primary N) is 1. The number of hydrogen-bond donors (Lipinski definition) is 2. The van der Waals surface area contributed by atoms with Crippen molar-refractivity contribution in [2.24, 2.45) is 16.8 Å². The Hall–Kier alpha value is -0.770. The van der Waals surface area contributed by atoms with E-state index in [2.05, 4.69) is 5.16 Å². The maximum absolute atomic E-state index is 8.25. The maximum atomic E-state index is 8.25. The van der Waals surface area contributed by atoms with Gasteiger partial charge in [0.25, 0.3) is 0 Å². The summed E-state index contributed by atoms with van der Waals surface area (Å²) in [6.07, 6.45) is 5.79. The molecule has 0 saturated heterocycles. The number of ether oxygens (including phenoxy) is 1. The highest BCUT2D eigenvalue weighted by molar-refractivity contribution is 5.79. The third kappa shape index (κ3) is 4.12. The van der Waals surface area contributed by atoms with Crippen molar-refractivity contribution >= 4 is 5.84 Å². The predicted octanol–water partition coefficient (Wildman–Crippen LogP) is 1.33. The number of amidine groups is 1. The van der Waals surface area contributed by atoms with E-state index >= 15 is 0 Å². The molecule has 0 aliphatic heterocycles. The highest BCUT2D eigenvalue weighted by atomic mass is 16.5. The average Bonchev–Trinajstić information content (AvgIpc) is 2.64. The molecule has 0 aromatic rings. The minimum Gasteiger partial charge on any atom is -0.409 e. The average molecular weight is 186 g/mol. The quantitative estimate of drug-likeness (QED) is 0.224. The van der Waals surface area contributed by atoms with Gasteiger partial charge in [-0.1, -0.05) is 18.0 Å². The maximum Gasteiger partial charge on any atom is 0.141 e. The van der Waals surface area contributed by atoms with Crippen molar-refractivity contribution in [3.05, 3.63) is 0 Å². The van der Waals surface area contributed by atoms with Crippen molar-refractivity contribution in [3.63, 3.8) is 0 Å². The van der Waals surface area contributed by atoms with E-state index < -0.39 is 0 Å². The highest BCUT2D eigenvalue weighted by Crippen LogP contribution is 2.24. The Bertz CT molecular complexity index is 165. The van der Waals surface area contributed by atoms with Crippen molar-refractivity contribution < 1.29 is 9.94 Å². The fourth-order valence-corrected chi connectivity index (χ4v) is 1.65. The van der Waals surface area contributed by atoms with Crippen LogP contribution in [0.15, 0.2) is 5.16 Å². The first-order chi connectivity index (χ1) is 6.33. The van der Waals surface area contributed by atoms with Crippen molar-refractivity contribution in [2.45, 2.75) is 32.1 Å². The molecule has 1 saturated carbocycles. The predicted molar refractivity (Wildman–Crippen MR) is 50.8 cm³/mol. The minimum absolute atomic E-state index is 0.242. The molecule has 1 aliphatic rings. The minimum atomic E-state index is 0.242. The van der Waals surface area contributed by atoms with Gasteiger partial charge in [0.15, 0.2) is 0 Å². The lowest BCUT2D eigenvalue weighted by atomic mass is 10.1. The topological polar surface area (TPSA) is 67.8 Å². The van der Waals surface area contributed by atoms with E-state index in [0.29, 0.717) is 13.0 Å². The molecule has 1 fully saturated rings. The second-order valence-corrected chi connectivity index (χ2v) is 3.57. The van der Waals surface area contributed by atoms with Gasteiger partial charge >= 0.3 is 0 Å². The lowest BCUT2D eigenvalue weighted by Gasteiger charge is -2.08. The smallest absolute Gasteiger partial charge is 0.141 e. The van der Waals surface area contributed by atoms with Crippen molar-refractivity contribution in [1.29, 1.82) is 0 Å². The standard InChI is InChI=1S/C9H18N2O2/c10-9(11-12)5-6-13-7-8-3-1-2-4-8/h8,12H,1-7H2,(H2,10,11). The van der Waals surface area contributed by atoms with E-state index in [1.54, 1.807) is 0 Å². The van der Waals surface area contributed by atoms with E-state index in [4.69, 9.17) is 15.7 Å². The van der Waals surface area contributed by atoms with Crippen molar-refractivity contribution in [3.8, 4) is 0 Å². The molecule has 0 atom stereocenters. The summed E-state index contributed by atoms with van der Waals surface area (Å²) >= 11 is 0. The van der Waals surface area contributed by atoms with E-state index in [-0.39, 0.29) is 5.84 Å². The molecular formula is C9H18N2O2. The zero-order valence-corrected chi connectivity index (χ0v) is 7.91. The third-order valence-electron chi connectivity index (χ3n) is 2.46. The molecule has 0 unspecified atom stereocenters. The summed E-state index contributed by atoms with van der Waals surface area (Å²) < 4.78 is 5.42. The van der Waals surface area contributed by atoms with Crippen LogP contribution in [0.4, 0.5) is 0 Å². The molecule has 0 aromatic carbocycles. The number of rotatable bonds is 5. The Labute approximate surface area is 78.7 Å². The molecule has 3 N–H and O–H groups in total. The van der Waals surface area contributed by atoms with Crippen LogP contribution in [0.3, 0.4) is 0 Å². The molecule has 76 valence electrons. The fourth-order valence-electron chi connectivity index (χ4n) is 1.65. The molecule has 4 heteroatoms. The summed E-state index contributed by atoms with van der Waals surface area (Å²) in [5, 5.41) is 11.1. The zero-order valence-electron chi connectivity index (χ0n) is 7.91. The molecule has 4 nitrogen and oxygen atoms in total. The van der Waals surface area contributed by atoms with E-state index in [1.165, 1.54) is 25.7 Å². The highest BCUT2D eigenvalue weighted by Gasteiger charge is 2.14. The summed E-state index contributed by atoms with van der Waals surface area (Å²) in [5.74, 6) is 0.985. The summed E-state index contributed by atoms with van der Waals surface area (Å²) in [4.78, 5) is 0. The zero-order chi connectivity index (χ0) is 9.52. The lowest BCUT2D eigenvalue weighted by Crippen LogP contribution is -2.15. The number of oxime groups is 1. The van der Waals surface area contributed by atoms with Gasteiger partial charge in [0.2, 0.25) is 0 Å². The van der Waals surface area contributed by atoms with Crippen LogP contribution in [-0.4, -0.2) is 24.3 Å². The first-order valence-corrected chi connectivity index (χ1v) is 4.87. The van der Waals surface area contributed by atoms with Crippen LogP contribution < -0.4 is 5.73 Å². The fraction of sp³-hybridized carbons (Fsp3) is 0.889. The SMILES string of the molecule is NC(CCOCC1CCCC1)=NO. The van der Waals surface area contributed by atoms with Gasteiger partial charge in [-0.3, -0.25) is 0 Å². The molecule has 13 heavy (non-hydrogen) atoms. The van der Waals surface area contributed by atoms with Gasteiger partial charge in [0, 0.05) is 13.0 Å². The van der Waals surface area contributed by atoms with Gasteiger partial charge in [-0.05, 0) is 18.8 Å². The Morgan fingerprint density at radius 2 is 2.15 bits per heavy atom. The van der Waals surface area contributed by atoms with Crippen molar-refractivity contribution in [1.82, 2.24) is 0 Å². The van der Waals surface area contributed by atoms with Crippen LogP contribution in [0.25, 0.3) is 0 Å². The lowest BCUT2D eigenvalue weighted by molar-refractivity contribution is 0.106. The first-order valence-electron chi connectivity index (χ1n) is 4.87. The van der Waals surface area contributed by atoms with Crippen LogP contribution in [-0.2, 0) is 4.74 Å². The van der Waals surface area contributed by atoms with Crippen molar-refractivity contribution in [2.75, 3.05) is 13.2 Å². The van der Waals surface area contributed by atoms with Crippen LogP contribution >= 0.6 is 0 Å². The molecule has 0 bridgehead atoms.